The second-order valence-corrected chi connectivity index (χ2v) is 8.49. The number of hydrogen-bond donors (Lipinski definition) is 3. The van der Waals surface area contributed by atoms with Crippen molar-refractivity contribution in [2.45, 2.75) is 19.5 Å². The summed E-state index contributed by atoms with van der Waals surface area (Å²) in [5.41, 5.74) is 1.56. The van der Waals surface area contributed by atoms with E-state index in [1.54, 1.807) is 42.0 Å². The van der Waals surface area contributed by atoms with Crippen LogP contribution in [-0.4, -0.2) is 22.1 Å². The lowest BCUT2D eigenvalue weighted by Crippen LogP contribution is -2.28. The molecule has 0 aliphatic carbocycles. The van der Waals surface area contributed by atoms with Gasteiger partial charge in [-0.25, -0.2) is 9.78 Å². The van der Waals surface area contributed by atoms with E-state index >= 15 is 0 Å². The van der Waals surface area contributed by atoms with Crippen molar-refractivity contribution in [2.24, 2.45) is 0 Å². The number of nitrogens with zero attached hydrogens (tertiary/aromatic N) is 2. The molecule has 0 atom stereocenters. The van der Waals surface area contributed by atoms with E-state index in [1.165, 1.54) is 11.3 Å². The minimum Gasteiger partial charge on any atom is -0.469 e. The number of nitrogens with one attached hydrogen (secondary N) is 3. The average molecular weight is 506 g/mol. The summed E-state index contributed by atoms with van der Waals surface area (Å²) in [6.45, 7) is 0.443. The predicted molar refractivity (Wildman–Crippen MR) is 124 cm³/mol. The van der Waals surface area contributed by atoms with Crippen LogP contribution in [0.1, 0.15) is 33.3 Å². The molecule has 0 unspecified atom stereocenters. The summed E-state index contributed by atoms with van der Waals surface area (Å²) >= 11 is 13.1. The Kier molecular flexibility index (Phi) is 7.28. The molecule has 0 saturated carbocycles. The van der Waals surface area contributed by atoms with E-state index in [-0.39, 0.29) is 18.8 Å². The van der Waals surface area contributed by atoms with Crippen LogP contribution in [0.15, 0.2) is 57.0 Å². The van der Waals surface area contributed by atoms with Crippen LogP contribution < -0.4 is 16.0 Å². The number of furan rings is 1. The van der Waals surface area contributed by atoms with Gasteiger partial charge in [-0.05, 0) is 29.8 Å². The fourth-order valence-electron chi connectivity index (χ4n) is 2.77. The fraction of sp³-hybridized carbons (Fsp3) is 0.143. The van der Waals surface area contributed by atoms with Gasteiger partial charge in [0.25, 0.3) is 5.91 Å². The Hall–Kier alpha value is -3.34. The normalized spacial score (nSPS) is 10.7. The van der Waals surface area contributed by atoms with Crippen molar-refractivity contribution in [3.05, 3.63) is 86.6 Å². The van der Waals surface area contributed by atoms with Crippen molar-refractivity contribution in [2.75, 3.05) is 5.32 Å². The first-order valence-corrected chi connectivity index (χ1v) is 11.3. The number of anilines is 1. The molecule has 0 fully saturated rings. The lowest BCUT2D eigenvalue weighted by atomic mass is 10.2. The first-order chi connectivity index (χ1) is 16.0. The van der Waals surface area contributed by atoms with E-state index in [0.717, 1.165) is 5.56 Å². The molecule has 9 nitrogen and oxygen atoms in total. The number of urea groups is 1. The van der Waals surface area contributed by atoms with Gasteiger partial charge in [0.2, 0.25) is 0 Å². The van der Waals surface area contributed by atoms with Crippen LogP contribution in [0.2, 0.25) is 10.0 Å². The third-order valence-corrected chi connectivity index (χ3v) is 5.91. The molecule has 0 spiro atoms. The zero-order valence-corrected chi connectivity index (χ0v) is 19.3. The second-order valence-electron chi connectivity index (χ2n) is 6.82. The molecule has 170 valence electrons. The van der Waals surface area contributed by atoms with Crippen molar-refractivity contribution >= 4 is 51.6 Å². The Morgan fingerprint density at radius 1 is 1.03 bits per heavy atom. The van der Waals surface area contributed by atoms with Crippen LogP contribution in [0.25, 0.3) is 0 Å². The molecule has 33 heavy (non-hydrogen) atoms. The van der Waals surface area contributed by atoms with Gasteiger partial charge in [0.1, 0.15) is 11.5 Å². The van der Waals surface area contributed by atoms with Gasteiger partial charge < -0.3 is 19.6 Å². The first kappa shape index (κ1) is 22.8. The molecule has 3 N–H and O–H groups in total. The number of carbonyl (C=O) groups is 2. The molecule has 4 aromatic rings. The maximum absolute atomic E-state index is 12.3. The van der Waals surface area contributed by atoms with Crippen LogP contribution in [0.4, 0.5) is 9.93 Å². The van der Waals surface area contributed by atoms with Crippen molar-refractivity contribution in [1.82, 2.24) is 20.8 Å². The summed E-state index contributed by atoms with van der Waals surface area (Å²) in [7, 11) is 0. The van der Waals surface area contributed by atoms with Gasteiger partial charge in [0.05, 0.1) is 35.0 Å². The number of aromatic nitrogens is 2. The number of carbonyl (C=O) groups excluding carboxylic acids is 2. The van der Waals surface area contributed by atoms with Gasteiger partial charge in [-0.3, -0.25) is 10.1 Å². The van der Waals surface area contributed by atoms with Gasteiger partial charge in [-0.15, -0.1) is 11.3 Å². The molecule has 0 aliphatic rings. The second kappa shape index (κ2) is 10.5. The molecular weight excluding hydrogens is 489 g/mol. The van der Waals surface area contributed by atoms with Crippen LogP contribution in [0.3, 0.4) is 0 Å². The minimum atomic E-state index is -0.419. The van der Waals surface area contributed by atoms with E-state index in [9.17, 15) is 9.59 Å². The number of halogens is 2. The topological polar surface area (TPSA) is 122 Å². The Morgan fingerprint density at radius 3 is 2.70 bits per heavy atom. The Bertz CT molecular complexity index is 1260. The predicted octanol–water partition coefficient (Wildman–Crippen LogP) is 4.87. The standard InChI is InChI=1S/C21H17Cl2N5O4S/c22-16-4-3-12(6-17(16)23)9-25-20(30)27-21-26-13(11-33-21)10-24-19(29)18-8-15(32-28-18)7-14-2-1-5-31-14/h1-6,8,11H,7,9-10H2,(H,24,29)(H2,25,26,27,30). The highest BCUT2D eigenvalue weighted by Crippen LogP contribution is 2.22. The smallest absolute Gasteiger partial charge is 0.321 e. The number of hydrogen-bond acceptors (Lipinski definition) is 7. The number of benzene rings is 1. The van der Waals surface area contributed by atoms with Crippen LogP contribution in [-0.2, 0) is 19.5 Å². The lowest BCUT2D eigenvalue weighted by Gasteiger charge is -2.06. The Balaban J connectivity index is 1.23. The van der Waals surface area contributed by atoms with E-state index in [4.69, 9.17) is 32.1 Å². The maximum Gasteiger partial charge on any atom is 0.321 e. The molecule has 0 radical (unpaired) electrons. The molecule has 12 heteroatoms. The van der Waals surface area contributed by atoms with Gasteiger partial charge in [-0.1, -0.05) is 34.4 Å². The summed E-state index contributed by atoms with van der Waals surface area (Å²) < 4.78 is 10.4. The molecule has 3 heterocycles. The highest BCUT2D eigenvalue weighted by molar-refractivity contribution is 7.13. The number of amides is 3. The first-order valence-electron chi connectivity index (χ1n) is 9.65. The van der Waals surface area contributed by atoms with Crippen LogP contribution in [0.5, 0.6) is 0 Å². The summed E-state index contributed by atoms with van der Waals surface area (Å²) in [4.78, 5) is 28.7. The van der Waals surface area contributed by atoms with Gasteiger partial charge in [-0.2, -0.15) is 0 Å². The summed E-state index contributed by atoms with van der Waals surface area (Å²) in [5.74, 6) is 0.829. The van der Waals surface area contributed by atoms with E-state index in [1.807, 2.05) is 6.07 Å². The summed E-state index contributed by atoms with van der Waals surface area (Å²) in [6.07, 6.45) is 1.97. The molecule has 3 amide bonds. The Labute approximate surface area is 202 Å². The number of rotatable bonds is 8. The molecule has 0 aliphatic heterocycles. The van der Waals surface area contributed by atoms with Crippen molar-refractivity contribution in [1.29, 1.82) is 0 Å². The highest BCUT2D eigenvalue weighted by atomic mass is 35.5. The maximum atomic E-state index is 12.3. The highest BCUT2D eigenvalue weighted by Gasteiger charge is 2.14. The van der Waals surface area contributed by atoms with Crippen LogP contribution in [0, 0.1) is 0 Å². The molecule has 0 bridgehead atoms. The van der Waals surface area contributed by atoms with Gasteiger partial charge in [0.15, 0.2) is 10.8 Å². The van der Waals surface area contributed by atoms with Crippen molar-refractivity contribution in [3.8, 4) is 0 Å². The SMILES string of the molecule is O=C(NCc1ccc(Cl)c(Cl)c1)Nc1nc(CNC(=O)c2cc(Cc3ccco3)on2)cs1. The molecule has 4 rings (SSSR count). The monoisotopic (exact) mass is 505 g/mol. The van der Waals surface area contributed by atoms with Crippen LogP contribution >= 0.6 is 34.5 Å². The summed E-state index contributed by atoms with van der Waals surface area (Å²) in [6, 6.07) is 9.84. The third-order valence-electron chi connectivity index (χ3n) is 4.36. The quantitative estimate of drug-likeness (QED) is 0.313. The summed E-state index contributed by atoms with van der Waals surface area (Å²) in [5, 5.41) is 14.9. The third kappa shape index (κ3) is 6.35. The largest absolute Gasteiger partial charge is 0.469 e. The average Bonchev–Trinajstić information content (AvgIpc) is 3.56. The van der Waals surface area contributed by atoms with E-state index < -0.39 is 11.9 Å². The zero-order valence-electron chi connectivity index (χ0n) is 16.9. The van der Waals surface area contributed by atoms with Gasteiger partial charge >= 0.3 is 6.03 Å². The molecular formula is C21H17Cl2N5O4S. The van der Waals surface area contributed by atoms with Gasteiger partial charge in [0, 0.05) is 18.0 Å². The molecule has 1 aromatic carbocycles. The molecule has 0 saturated heterocycles. The fourth-order valence-corrected chi connectivity index (χ4v) is 3.79. The number of thiazole rings is 1. The van der Waals surface area contributed by atoms with Crippen molar-refractivity contribution in [3.63, 3.8) is 0 Å². The van der Waals surface area contributed by atoms with E-state index in [0.29, 0.717) is 38.8 Å². The minimum absolute atomic E-state index is 0.159. The molecule has 3 aromatic heterocycles. The van der Waals surface area contributed by atoms with Crippen molar-refractivity contribution < 1.29 is 18.5 Å². The zero-order chi connectivity index (χ0) is 23.2. The lowest BCUT2D eigenvalue weighted by molar-refractivity contribution is 0.0941. The van der Waals surface area contributed by atoms with E-state index in [2.05, 4.69) is 26.1 Å². The Morgan fingerprint density at radius 2 is 1.91 bits per heavy atom.